The van der Waals surface area contributed by atoms with Crippen LogP contribution in [-0.2, 0) is 0 Å². The highest BCUT2D eigenvalue weighted by Gasteiger charge is 2.27. The van der Waals surface area contributed by atoms with Crippen molar-refractivity contribution in [2.45, 2.75) is 0 Å². The Morgan fingerprint density at radius 1 is 0.704 bits per heavy atom. The zero-order valence-corrected chi connectivity index (χ0v) is 14.6. The standard InChI is InChI=1S/C24H16N2O/c1-15-22(16-9-3-2-4-10-16)26-24(25-15)21-17-11-5-7-13-19(17)23(27)20-14-8-6-12-18(20)21/h2-14,25H,1H2. The monoisotopic (exact) mass is 348 g/mol. The molecule has 0 saturated carbocycles. The van der Waals surface area contributed by atoms with Crippen molar-refractivity contribution in [1.82, 2.24) is 9.97 Å². The molecule has 4 aromatic rings. The third kappa shape index (κ3) is 2.36. The van der Waals surface area contributed by atoms with Crippen LogP contribution in [0.5, 0.6) is 0 Å². The number of hydrogen-bond donors (Lipinski definition) is 1. The SMILES string of the molecule is C=c1[nH]c(=C2c3ccccc3C(=O)c3ccccc32)nc1-c1ccccc1. The molecule has 0 bridgehead atoms. The van der Waals surface area contributed by atoms with Gasteiger partial charge in [0.1, 0.15) is 5.48 Å². The molecule has 3 aromatic carbocycles. The summed E-state index contributed by atoms with van der Waals surface area (Å²) >= 11 is 0. The van der Waals surface area contributed by atoms with Gasteiger partial charge in [-0.15, -0.1) is 0 Å². The Balaban J connectivity index is 1.88. The molecule has 0 saturated heterocycles. The molecular weight excluding hydrogens is 332 g/mol. The molecule has 3 nitrogen and oxygen atoms in total. The fourth-order valence-corrected chi connectivity index (χ4v) is 3.71. The lowest BCUT2D eigenvalue weighted by molar-refractivity contribution is 0.103. The van der Waals surface area contributed by atoms with Crippen LogP contribution < -0.4 is 10.8 Å². The number of H-pyrrole nitrogens is 1. The molecule has 3 heteroatoms. The predicted molar refractivity (Wildman–Crippen MR) is 107 cm³/mol. The molecule has 1 aliphatic carbocycles. The molecule has 0 amide bonds. The van der Waals surface area contributed by atoms with Crippen molar-refractivity contribution >= 4 is 17.9 Å². The van der Waals surface area contributed by atoms with Gasteiger partial charge in [0.15, 0.2) is 5.78 Å². The van der Waals surface area contributed by atoms with E-state index in [1.807, 2.05) is 78.9 Å². The van der Waals surface area contributed by atoms with Crippen molar-refractivity contribution in [3.8, 4) is 11.3 Å². The number of aromatic amines is 1. The Kier molecular flexibility index (Phi) is 3.41. The van der Waals surface area contributed by atoms with E-state index in [-0.39, 0.29) is 5.78 Å². The molecule has 1 heterocycles. The molecule has 128 valence electrons. The third-order valence-electron chi connectivity index (χ3n) is 4.94. The molecule has 0 unspecified atom stereocenters. The van der Waals surface area contributed by atoms with Gasteiger partial charge in [-0.1, -0.05) is 85.4 Å². The third-order valence-corrected chi connectivity index (χ3v) is 4.94. The van der Waals surface area contributed by atoms with Crippen molar-refractivity contribution in [2.75, 3.05) is 0 Å². The van der Waals surface area contributed by atoms with E-state index in [9.17, 15) is 4.79 Å². The van der Waals surface area contributed by atoms with Crippen molar-refractivity contribution in [3.63, 3.8) is 0 Å². The minimum Gasteiger partial charge on any atom is -0.338 e. The first-order valence-corrected chi connectivity index (χ1v) is 8.82. The van der Waals surface area contributed by atoms with Gasteiger partial charge in [0, 0.05) is 22.3 Å². The molecule has 1 N–H and O–H groups in total. The average Bonchev–Trinajstić information content (AvgIpc) is 3.10. The average molecular weight is 348 g/mol. The second kappa shape index (κ2) is 5.92. The summed E-state index contributed by atoms with van der Waals surface area (Å²) in [7, 11) is 0. The number of nitrogens with zero attached hydrogens (tertiary/aromatic N) is 1. The van der Waals surface area contributed by atoms with Crippen molar-refractivity contribution in [3.05, 3.63) is 112 Å². The maximum absolute atomic E-state index is 12.9. The molecule has 1 aliphatic rings. The number of hydrogen-bond acceptors (Lipinski definition) is 2. The largest absolute Gasteiger partial charge is 0.338 e. The molecule has 0 radical (unpaired) electrons. The van der Waals surface area contributed by atoms with Gasteiger partial charge in [-0.05, 0) is 11.1 Å². The Hall–Kier alpha value is -3.72. The normalized spacial score (nSPS) is 12.6. The Bertz CT molecular complexity index is 1250. The summed E-state index contributed by atoms with van der Waals surface area (Å²) in [4.78, 5) is 21.1. The first-order chi connectivity index (χ1) is 13.2. The lowest BCUT2D eigenvalue weighted by atomic mass is 9.81. The minimum atomic E-state index is 0.0506. The van der Waals surface area contributed by atoms with Crippen LogP contribution in [0.2, 0.25) is 0 Å². The highest BCUT2D eigenvalue weighted by atomic mass is 16.1. The van der Waals surface area contributed by atoms with Gasteiger partial charge in [-0.3, -0.25) is 4.79 Å². The predicted octanol–water partition coefficient (Wildman–Crippen LogP) is 3.28. The number of aromatic nitrogens is 2. The van der Waals surface area contributed by atoms with Gasteiger partial charge in [0.2, 0.25) is 0 Å². The number of benzene rings is 3. The topological polar surface area (TPSA) is 45.8 Å². The number of fused-ring (bicyclic) bond motifs is 2. The number of rotatable bonds is 1. The Morgan fingerprint density at radius 2 is 1.22 bits per heavy atom. The van der Waals surface area contributed by atoms with E-state index in [0.29, 0.717) is 11.1 Å². The van der Waals surface area contributed by atoms with Crippen molar-refractivity contribution in [1.29, 1.82) is 0 Å². The summed E-state index contributed by atoms with van der Waals surface area (Å²) in [6, 6.07) is 25.4. The molecule has 0 atom stereocenters. The van der Waals surface area contributed by atoms with E-state index in [2.05, 4.69) is 11.6 Å². The Morgan fingerprint density at radius 3 is 1.81 bits per heavy atom. The summed E-state index contributed by atoms with van der Waals surface area (Å²) in [6.45, 7) is 4.14. The maximum atomic E-state index is 12.9. The fourth-order valence-electron chi connectivity index (χ4n) is 3.71. The van der Waals surface area contributed by atoms with Gasteiger partial charge in [-0.25, -0.2) is 4.98 Å². The number of carbonyl (C=O) groups is 1. The molecule has 0 aliphatic heterocycles. The van der Waals surface area contributed by atoms with Crippen LogP contribution in [-0.4, -0.2) is 15.8 Å². The molecular formula is C24H16N2O. The van der Waals surface area contributed by atoms with Crippen LogP contribution in [0.1, 0.15) is 27.0 Å². The van der Waals surface area contributed by atoms with E-state index in [4.69, 9.17) is 4.98 Å². The summed E-state index contributed by atoms with van der Waals surface area (Å²) in [5.41, 5.74) is 6.70. The molecule has 0 fully saturated rings. The van der Waals surface area contributed by atoms with E-state index in [1.165, 1.54) is 0 Å². The zero-order valence-electron chi connectivity index (χ0n) is 14.6. The van der Waals surface area contributed by atoms with Crippen LogP contribution >= 0.6 is 0 Å². The first kappa shape index (κ1) is 15.5. The lowest BCUT2D eigenvalue weighted by Gasteiger charge is -2.20. The summed E-state index contributed by atoms with van der Waals surface area (Å²) in [5, 5.41) is 0.760. The summed E-state index contributed by atoms with van der Waals surface area (Å²) in [5.74, 6) is 0.0506. The van der Waals surface area contributed by atoms with Crippen LogP contribution in [0, 0.1) is 0 Å². The van der Waals surface area contributed by atoms with E-state index >= 15 is 0 Å². The molecule has 5 rings (SSSR count). The quantitative estimate of drug-likeness (QED) is 0.505. The maximum Gasteiger partial charge on any atom is 0.194 e. The van der Waals surface area contributed by atoms with Crippen LogP contribution in [0.25, 0.3) is 23.4 Å². The lowest BCUT2D eigenvalue weighted by Crippen LogP contribution is -2.22. The van der Waals surface area contributed by atoms with E-state index in [1.54, 1.807) is 0 Å². The van der Waals surface area contributed by atoms with Gasteiger partial charge in [0.05, 0.1) is 11.0 Å². The number of imidazole rings is 1. The summed E-state index contributed by atoms with van der Waals surface area (Å²) < 4.78 is 0. The van der Waals surface area contributed by atoms with E-state index < -0.39 is 0 Å². The minimum absolute atomic E-state index is 0.0506. The van der Waals surface area contributed by atoms with Crippen LogP contribution in [0.15, 0.2) is 78.9 Å². The number of nitrogens with one attached hydrogen (secondary N) is 1. The highest BCUT2D eigenvalue weighted by Crippen LogP contribution is 2.33. The van der Waals surface area contributed by atoms with Crippen LogP contribution in [0.4, 0.5) is 0 Å². The van der Waals surface area contributed by atoms with E-state index in [0.717, 1.165) is 38.8 Å². The Labute approximate surface area is 156 Å². The second-order valence-electron chi connectivity index (χ2n) is 6.57. The van der Waals surface area contributed by atoms with Crippen molar-refractivity contribution in [2.24, 2.45) is 0 Å². The smallest absolute Gasteiger partial charge is 0.194 e. The van der Waals surface area contributed by atoms with Gasteiger partial charge < -0.3 is 4.98 Å². The zero-order chi connectivity index (χ0) is 18.4. The highest BCUT2D eigenvalue weighted by molar-refractivity contribution is 6.18. The van der Waals surface area contributed by atoms with Crippen molar-refractivity contribution < 1.29 is 4.79 Å². The molecule has 1 aromatic heterocycles. The molecule has 27 heavy (non-hydrogen) atoms. The summed E-state index contributed by atoms with van der Waals surface area (Å²) in [6.07, 6.45) is 0. The van der Waals surface area contributed by atoms with Gasteiger partial charge in [-0.2, -0.15) is 0 Å². The van der Waals surface area contributed by atoms with Crippen LogP contribution in [0.3, 0.4) is 0 Å². The van der Waals surface area contributed by atoms with Gasteiger partial charge >= 0.3 is 0 Å². The second-order valence-corrected chi connectivity index (χ2v) is 6.57. The molecule has 0 spiro atoms. The first-order valence-electron chi connectivity index (χ1n) is 8.82. The number of carbonyl (C=O) groups excluding carboxylic acids is 1. The number of ketones is 1. The fraction of sp³-hybridized carbons (Fsp3) is 0. The van der Waals surface area contributed by atoms with Gasteiger partial charge in [0.25, 0.3) is 0 Å².